The summed E-state index contributed by atoms with van der Waals surface area (Å²) in [6, 6.07) is 0. The molecular formula is C7H12BF3KNOS. The minimum absolute atomic E-state index is 0. The maximum atomic E-state index is 12.2. The number of hydrogen-bond donors (Lipinski definition) is 0. The van der Waals surface area contributed by atoms with Crippen LogP contribution in [0.25, 0.3) is 0 Å². The van der Waals surface area contributed by atoms with Crippen LogP contribution >= 0.6 is 0 Å². The summed E-state index contributed by atoms with van der Waals surface area (Å²) < 4.78 is 47.4. The number of rotatable bonds is 3. The predicted molar refractivity (Wildman–Crippen MR) is 52.5 cm³/mol. The Morgan fingerprint density at radius 3 is 2.20 bits per heavy atom. The summed E-state index contributed by atoms with van der Waals surface area (Å²) in [4.78, 5) is 1.65. The summed E-state index contributed by atoms with van der Waals surface area (Å²) >= 11 is 0. The van der Waals surface area contributed by atoms with E-state index in [1.54, 1.807) is 4.90 Å². The normalized spacial score (nSPS) is 19.7. The van der Waals surface area contributed by atoms with Crippen molar-refractivity contribution in [2.45, 2.75) is 0 Å². The Kier molecular flexibility index (Phi) is 7.55. The molecule has 0 spiro atoms. The van der Waals surface area contributed by atoms with Gasteiger partial charge in [-0.3, -0.25) is 4.21 Å². The molecule has 8 heteroatoms. The van der Waals surface area contributed by atoms with Crippen LogP contribution in [-0.2, 0) is 10.8 Å². The molecule has 0 aromatic carbocycles. The first-order chi connectivity index (χ1) is 6.39. The molecule has 1 fully saturated rings. The molecule has 0 bridgehead atoms. The molecule has 1 saturated heterocycles. The molecule has 82 valence electrons. The van der Waals surface area contributed by atoms with E-state index in [9.17, 15) is 17.2 Å². The van der Waals surface area contributed by atoms with E-state index >= 15 is 0 Å². The van der Waals surface area contributed by atoms with Gasteiger partial charge >= 0.3 is 58.4 Å². The number of nitrogens with zero attached hydrogens (tertiary/aromatic N) is 1. The minimum atomic E-state index is -4.92. The largest absolute Gasteiger partial charge is 1.00 e. The van der Waals surface area contributed by atoms with Crippen molar-refractivity contribution in [3.8, 4) is 0 Å². The topological polar surface area (TPSA) is 20.3 Å². The molecular weight excluding hydrogens is 253 g/mol. The van der Waals surface area contributed by atoms with Gasteiger partial charge < -0.3 is 17.8 Å². The zero-order chi connectivity index (χ0) is 10.8. The SMILES string of the molecule is C=C(CN1CCS(=O)CC1)[B-](F)(F)F.[K+]. The van der Waals surface area contributed by atoms with Gasteiger partial charge in [-0.25, -0.2) is 0 Å². The van der Waals surface area contributed by atoms with Gasteiger partial charge in [0.25, 0.3) is 0 Å². The first-order valence-electron chi connectivity index (χ1n) is 4.34. The molecule has 2 nitrogen and oxygen atoms in total. The Balaban J connectivity index is 0.00000196. The molecule has 1 aliphatic heterocycles. The second kappa shape index (κ2) is 6.93. The van der Waals surface area contributed by atoms with E-state index in [0.717, 1.165) is 0 Å². The van der Waals surface area contributed by atoms with Crippen LogP contribution in [0.5, 0.6) is 0 Å². The van der Waals surface area contributed by atoms with Crippen LogP contribution in [0.15, 0.2) is 12.1 Å². The van der Waals surface area contributed by atoms with E-state index in [-0.39, 0.29) is 57.9 Å². The van der Waals surface area contributed by atoms with E-state index < -0.39 is 23.2 Å². The van der Waals surface area contributed by atoms with Gasteiger partial charge in [0.05, 0.1) is 0 Å². The molecule has 1 heterocycles. The Labute approximate surface area is 133 Å². The third-order valence-corrected chi connectivity index (χ3v) is 3.44. The van der Waals surface area contributed by atoms with Crippen molar-refractivity contribution in [3.63, 3.8) is 0 Å². The van der Waals surface area contributed by atoms with Crippen molar-refractivity contribution in [1.29, 1.82) is 0 Å². The first-order valence-corrected chi connectivity index (χ1v) is 5.83. The Morgan fingerprint density at radius 1 is 1.33 bits per heavy atom. The molecule has 0 aliphatic carbocycles. The van der Waals surface area contributed by atoms with Gasteiger partial charge in [-0.15, -0.1) is 12.1 Å². The zero-order valence-electron chi connectivity index (χ0n) is 8.72. The number of hydrogen-bond acceptors (Lipinski definition) is 2. The van der Waals surface area contributed by atoms with Crippen LogP contribution in [0.1, 0.15) is 0 Å². The van der Waals surface area contributed by atoms with E-state index in [4.69, 9.17) is 0 Å². The zero-order valence-corrected chi connectivity index (χ0v) is 12.7. The predicted octanol–water partition coefficient (Wildman–Crippen LogP) is -2.00. The molecule has 0 aromatic rings. The van der Waals surface area contributed by atoms with Crippen molar-refractivity contribution in [3.05, 3.63) is 12.1 Å². The molecule has 0 saturated carbocycles. The Morgan fingerprint density at radius 2 is 1.80 bits per heavy atom. The average molecular weight is 265 g/mol. The average Bonchev–Trinajstić information content (AvgIpc) is 2.07. The van der Waals surface area contributed by atoms with E-state index in [2.05, 4.69) is 6.58 Å². The van der Waals surface area contributed by atoms with Gasteiger partial charge in [-0.1, -0.05) is 0 Å². The fourth-order valence-electron chi connectivity index (χ4n) is 1.22. The molecule has 1 aliphatic rings. The summed E-state index contributed by atoms with van der Waals surface area (Å²) in [5, 5.41) is 0. The maximum Gasteiger partial charge on any atom is 1.00 e. The molecule has 0 radical (unpaired) electrons. The third-order valence-electron chi connectivity index (χ3n) is 2.16. The van der Waals surface area contributed by atoms with Crippen LogP contribution in [-0.4, -0.2) is 47.2 Å². The molecule has 0 atom stereocenters. The van der Waals surface area contributed by atoms with Crippen LogP contribution in [0.2, 0.25) is 0 Å². The van der Waals surface area contributed by atoms with E-state index in [1.165, 1.54) is 0 Å². The third kappa shape index (κ3) is 6.00. The fourth-order valence-corrected chi connectivity index (χ4v) is 2.35. The van der Waals surface area contributed by atoms with Gasteiger partial charge in [0.1, 0.15) is 0 Å². The van der Waals surface area contributed by atoms with Gasteiger partial charge in [0.2, 0.25) is 0 Å². The second-order valence-electron chi connectivity index (χ2n) is 3.36. The number of halogens is 3. The second-order valence-corrected chi connectivity index (χ2v) is 5.05. The van der Waals surface area contributed by atoms with Crippen LogP contribution in [0.4, 0.5) is 12.9 Å². The van der Waals surface area contributed by atoms with Gasteiger partial charge in [-0.05, 0) is 6.54 Å². The summed E-state index contributed by atoms with van der Waals surface area (Å²) in [7, 11) is -0.844. The molecule has 0 N–H and O–H groups in total. The molecule has 0 amide bonds. The molecule has 15 heavy (non-hydrogen) atoms. The quantitative estimate of drug-likeness (QED) is 0.550. The van der Waals surface area contributed by atoms with Crippen molar-refractivity contribution < 1.29 is 68.5 Å². The van der Waals surface area contributed by atoms with Crippen molar-refractivity contribution >= 4 is 17.8 Å². The Bertz CT molecular complexity index is 251. The monoisotopic (exact) mass is 265 g/mol. The molecule has 1 rings (SSSR count). The maximum absolute atomic E-state index is 12.2. The van der Waals surface area contributed by atoms with E-state index in [1.807, 2.05) is 0 Å². The van der Waals surface area contributed by atoms with E-state index in [0.29, 0.717) is 24.6 Å². The summed E-state index contributed by atoms with van der Waals surface area (Å²) in [5.41, 5.74) is -0.669. The van der Waals surface area contributed by atoms with Crippen LogP contribution in [0.3, 0.4) is 0 Å². The minimum Gasteiger partial charge on any atom is -0.445 e. The first kappa shape index (κ1) is 16.3. The Hall–Kier alpha value is 1.34. The van der Waals surface area contributed by atoms with Crippen molar-refractivity contribution in [2.24, 2.45) is 0 Å². The van der Waals surface area contributed by atoms with Crippen LogP contribution in [0, 0.1) is 0 Å². The standard InChI is InChI=1S/C7H12BF3NOS.K/c1-7(8(9,10)11)6-12-2-4-14(13)5-3-12;/h1-6H2;/q-1;+1. The summed E-state index contributed by atoms with van der Waals surface area (Å²) in [6.07, 6.45) is 0. The van der Waals surface area contributed by atoms with Gasteiger partial charge in [0, 0.05) is 35.4 Å². The fraction of sp³-hybridized carbons (Fsp3) is 0.714. The van der Waals surface area contributed by atoms with Gasteiger partial charge in [-0.2, -0.15) is 0 Å². The summed E-state index contributed by atoms with van der Waals surface area (Å²) in [6.45, 7) is -1.10. The smallest absolute Gasteiger partial charge is 0.445 e. The van der Waals surface area contributed by atoms with Crippen molar-refractivity contribution in [2.75, 3.05) is 31.1 Å². The molecule has 0 aromatic heterocycles. The van der Waals surface area contributed by atoms with Crippen LogP contribution < -0.4 is 51.4 Å². The van der Waals surface area contributed by atoms with Gasteiger partial charge in [0.15, 0.2) is 0 Å². The molecule has 0 unspecified atom stereocenters. The van der Waals surface area contributed by atoms with Crippen molar-refractivity contribution in [1.82, 2.24) is 4.90 Å². The summed E-state index contributed by atoms with van der Waals surface area (Å²) in [5.74, 6) is 0.941.